The summed E-state index contributed by atoms with van der Waals surface area (Å²) in [6, 6.07) is 32.1. The minimum Gasteiger partial charge on any atom is -0.354 e. The van der Waals surface area contributed by atoms with E-state index in [0.29, 0.717) is 0 Å². The van der Waals surface area contributed by atoms with Crippen molar-refractivity contribution in [2.75, 3.05) is 0 Å². The fraction of sp³-hybridized carbons (Fsp3) is 0.0833. The third kappa shape index (κ3) is 3.01. The lowest BCUT2D eigenvalue weighted by Crippen LogP contribution is -1.87. The molecule has 0 bridgehead atoms. The molecule has 1 aromatic heterocycles. The maximum Gasteiger partial charge on any atom is 0.0538 e. The number of aromatic nitrogens is 1. The molecule has 0 aliphatic rings. The molecule has 25 heavy (non-hydrogen) atoms. The van der Waals surface area contributed by atoms with Gasteiger partial charge < -0.3 is 4.98 Å². The van der Waals surface area contributed by atoms with E-state index >= 15 is 0 Å². The van der Waals surface area contributed by atoms with Crippen molar-refractivity contribution < 1.29 is 0 Å². The first-order valence-corrected chi connectivity index (χ1v) is 8.79. The van der Waals surface area contributed by atoms with Crippen LogP contribution in [0.15, 0.2) is 91.0 Å². The molecule has 1 nitrogen and oxygen atoms in total. The number of rotatable bonds is 4. The monoisotopic (exact) mass is 323 g/mol. The molecular weight excluding hydrogens is 302 g/mol. The Hall–Kier alpha value is -3.06. The van der Waals surface area contributed by atoms with Crippen LogP contribution in [0.4, 0.5) is 0 Å². The Balaban J connectivity index is 1.93. The largest absolute Gasteiger partial charge is 0.354 e. The molecule has 3 aromatic carbocycles. The number of aryl methyl sites for hydroxylation is 1. The van der Waals surface area contributed by atoms with E-state index in [1.54, 1.807) is 0 Å². The van der Waals surface area contributed by atoms with Crippen LogP contribution >= 0.6 is 0 Å². The lowest BCUT2D eigenvalue weighted by atomic mass is 9.99. The Morgan fingerprint density at radius 2 is 1.24 bits per heavy atom. The van der Waals surface area contributed by atoms with Crippen LogP contribution in [0.5, 0.6) is 0 Å². The Bertz CT molecular complexity index is 908. The predicted molar refractivity (Wildman–Crippen MR) is 106 cm³/mol. The van der Waals surface area contributed by atoms with Crippen molar-refractivity contribution in [3.05, 3.63) is 96.6 Å². The SMILES string of the molecule is CCc1ccccc1-c1cc(-c2ccccc2)c(-c2ccccc2)[nH]1. The predicted octanol–water partition coefficient (Wildman–Crippen LogP) is 6.58. The zero-order valence-corrected chi connectivity index (χ0v) is 14.4. The summed E-state index contributed by atoms with van der Waals surface area (Å²) in [5, 5.41) is 0. The van der Waals surface area contributed by atoms with Gasteiger partial charge in [0.2, 0.25) is 0 Å². The molecule has 4 aromatic rings. The van der Waals surface area contributed by atoms with E-state index in [-0.39, 0.29) is 0 Å². The number of hydrogen-bond donors (Lipinski definition) is 1. The van der Waals surface area contributed by atoms with Gasteiger partial charge in [0, 0.05) is 16.8 Å². The molecule has 0 aliphatic heterocycles. The summed E-state index contributed by atoms with van der Waals surface area (Å²) in [4.78, 5) is 3.69. The minimum atomic E-state index is 1.02. The lowest BCUT2D eigenvalue weighted by molar-refractivity contribution is 1.14. The summed E-state index contributed by atoms with van der Waals surface area (Å²) < 4.78 is 0. The first-order valence-electron chi connectivity index (χ1n) is 8.79. The molecule has 1 heterocycles. The Morgan fingerprint density at radius 1 is 0.640 bits per heavy atom. The molecule has 0 aliphatic carbocycles. The van der Waals surface area contributed by atoms with E-state index in [2.05, 4.69) is 103 Å². The molecule has 0 fully saturated rings. The maximum atomic E-state index is 3.69. The molecular formula is C24H21N. The summed E-state index contributed by atoms with van der Waals surface area (Å²) >= 11 is 0. The lowest BCUT2D eigenvalue weighted by Gasteiger charge is -2.05. The Labute approximate surface area is 149 Å². The van der Waals surface area contributed by atoms with Gasteiger partial charge in [-0.05, 0) is 29.2 Å². The fourth-order valence-corrected chi connectivity index (χ4v) is 3.37. The molecule has 0 unspecified atom stereocenters. The van der Waals surface area contributed by atoms with Crippen LogP contribution in [0.1, 0.15) is 12.5 Å². The van der Waals surface area contributed by atoms with Crippen LogP contribution in [-0.2, 0) is 6.42 Å². The van der Waals surface area contributed by atoms with Crippen molar-refractivity contribution >= 4 is 0 Å². The Kier molecular flexibility index (Phi) is 4.22. The van der Waals surface area contributed by atoms with Crippen molar-refractivity contribution in [1.29, 1.82) is 0 Å². The smallest absolute Gasteiger partial charge is 0.0538 e. The van der Waals surface area contributed by atoms with Crippen LogP contribution in [0.2, 0.25) is 0 Å². The van der Waals surface area contributed by atoms with E-state index in [1.807, 2.05) is 0 Å². The third-order valence-electron chi connectivity index (χ3n) is 4.65. The standard InChI is InChI=1S/C24H21N/c1-2-18-11-9-10-16-21(18)23-17-22(19-12-5-3-6-13-19)24(25-23)20-14-7-4-8-15-20/h3-17,25H,2H2,1H3. The fourth-order valence-electron chi connectivity index (χ4n) is 3.37. The highest BCUT2D eigenvalue weighted by atomic mass is 14.7. The van der Waals surface area contributed by atoms with Gasteiger partial charge in [0.1, 0.15) is 0 Å². The van der Waals surface area contributed by atoms with Gasteiger partial charge in [0.25, 0.3) is 0 Å². The van der Waals surface area contributed by atoms with Gasteiger partial charge in [-0.25, -0.2) is 0 Å². The van der Waals surface area contributed by atoms with Crippen LogP contribution < -0.4 is 0 Å². The summed E-state index contributed by atoms with van der Waals surface area (Å²) in [5.41, 5.74) is 8.68. The number of aromatic amines is 1. The molecule has 0 amide bonds. The van der Waals surface area contributed by atoms with Crippen LogP contribution in [0.25, 0.3) is 33.6 Å². The summed E-state index contributed by atoms with van der Waals surface area (Å²) in [6.07, 6.45) is 1.02. The highest BCUT2D eigenvalue weighted by Gasteiger charge is 2.14. The van der Waals surface area contributed by atoms with Crippen molar-refractivity contribution in [3.8, 4) is 33.6 Å². The third-order valence-corrected chi connectivity index (χ3v) is 4.65. The van der Waals surface area contributed by atoms with E-state index < -0.39 is 0 Å². The maximum absolute atomic E-state index is 3.69. The zero-order chi connectivity index (χ0) is 17.1. The summed E-state index contributed by atoms with van der Waals surface area (Å²) in [5.74, 6) is 0. The molecule has 0 saturated heterocycles. The quantitative estimate of drug-likeness (QED) is 0.436. The molecule has 4 rings (SSSR count). The zero-order valence-electron chi connectivity index (χ0n) is 14.4. The minimum absolute atomic E-state index is 1.02. The van der Waals surface area contributed by atoms with E-state index in [9.17, 15) is 0 Å². The molecule has 0 saturated carbocycles. The van der Waals surface area contributed by atoms with Gasteiger partial charge >= 0.3 is 0 Å². The second-order valence-corrected chi connectivity index (χ2v) is 6.21. The summed E-state index contributed by atoms with van der Waals surface area (Å²) in [7, 11) is 0. The van der Waals surface area contributed by atoms with Crippen LogP contribution in [0, 0.1) is 0 Å². The number of hydrogen-bond acceptors (Lipinski definition) is 0. The molecule has 1 N–H and O–H groups in total. The normalized spacial score (nSPS) is 10.8. The van der Waals surface area contributed by atoms with Crippen molar-refractivity contribution in [2.45, 2.75) is 13.3 Å². The van der Waals surface area contributed by atoms with Crippen molar-refractivity contribution in [1.82, 2.24) is 4.98 Å². The molecule has 0 spiro atoms. The van der Waals surface area contributed by atoms with Gasteiger partial charge in [-0.2, -0.15) is 0 Å². The van der Waals surface area contributed by atoms with Crippen molar-refractivity contribution in [3.63, 3.8) is 0 Å². The number of nitrogens with one attached hydrogen (secondary N) is 1. The first-order chi connectivity index (χ1) is 12.4. The van der Waals surface area contributed by atoms with Crippen LogP contribution in [-0.4, -0.2) is 4.98 Å². The Morgan fingerprint density at radius 3 is 1.92 bits per heavy atom. The van der Waals surface area contributed by atoms with Gasteiger partial charge in [-0.3, -0.25) is 0 Å². The molecule has 1 heteroatoms. The van der Waals surface area contributed by atoms with E-state index in [0.717, 1.165) is 6.42 Å². The second kappa shape index (κ2) is 6.82. The molecule has 0 radical (unpaired) electrons. The van der Waals surface area contributed by atoms with Gasteiger partial charge in [-0.15, -0.1) is 0 Å². The van der Waals surface area contributed by atoms with Crippen molar-refractivity contribution in [2.24, 2.45) is 0 Å². The summed E-state index contributed by atoms with van der Waals surface area (Å²) in [6.45, 7) is 2.21. The van der Waals surface area contributed by atoms with E-state index in [1.165, 1.54) is 39.2 Å². The average Bonchev–Trinajstić information content (AvgIpc) is 3.14. The first kappa shape index (κ1) is 15.5. The highest BCUT2D eigenvalue weighted by molar-refractivity contribution is 5.86. The van der Waals surface area contributed by atoms with Gasteiger partial charge in [0.05, 0.1) is 5.69 Å². The van der Waals surface area contributed by atoms with E-state index in [4.69, 9.17) is 0 Å². The highest BCUT2D eigenvalue weighted by Crippen LogP contribution is 2.36. The van der Waals surface area contributed by atoms with Gasteiger partial charge in [0.15, 0.2) is 0 Å². The number of benzene rings is 3. The topological polar surface area (TPSA) is 15.8 Å². The second-order valence-electron chi connectivity index (χ2n) is 6.21. The molecule has 122 valence electrons. The number of H-pyrrole nitrogens is 1. The van der Waals surface area contributed by atoms with Crippen LogP contribution in [0.3, 0.4) is 0 Å². The molecule has 0 atom stereocenters. The average molecular weight is 323 g/mol. The van der Waals surface area contributed by atoms with Gasteiger partial charge in [-0.1, -0.05) is 91.9 Å².